The van der Waals surface area contributed by atoms with Gasteiger partial charge in [0.25, 0.3) is 5.91 Å². The number of carbonyl (C=O) groups is 2. The van der Waals surface area contributed by atoms with Gasteiger partial charge in [-0.2, -0.15) is 18.2 Å². The van der Waals surface area contributed by atoms with Crippen LogP contribution in [-0.4, -0.2) is 77.9 Å². The maximum atomic E-state index is 12.3. The van der Waals surface area contributed by atoms with Gasteiger partial charge in [-0.05, 0) is 49.2 Å². The van der Waals surface area contributed by atoms with Crippen molar-refractivity contribution in [3.8, 4) is 11.5 Å². The molecule has 2 aliphatic rings. The van der Waals surface area contributed by atoms with E-state index < -0.39 is 18.2 Å². The Kier molecular flexibility index (Phi) is 9.98. The first-order valence-electron chi connectivity index (χ1n) is 11.3. The van der Waals surface area contributed by atoms with Crippen molar-refractivity contribution in [3.05, 3.63) is 59.1 Å². The third kappa shape index (κ3) is 9.73. The van der Waals surface area contributed by atoms with Gasteiger partial charge in [0.2, 0.25) is 0 Å². The number of nitrogens with zero attached hydrogens (tertiary/aromatic N) is 1. The summed E-state index contributed by atoms with van der Waals surface area (Å²) >= 11 is 5.88. The molecule has 0 unspecified atom stereocenters. The van der Waals surface area contributed by atoms with Gasteiger partial charge in [-0.1, -0.05) is 23.7 Å². The molecule has 2 aromatic rings. The van der Waals surface area contributed by atoms with Crippen LogP contribution in [0.2, 0.25) is 5.02 Å². The highest BCUT2D eigenvalue weighted by atomic mass is 35.5. The molecule has 0 spiro atoms. The summed E-state index contributed by atoms with van der Waals surface area (Å²) < 4.78 is 43.3. The van der Waals surface area contributed by atoms with Crippen LogP contribution in [0.3, 0.4) is 0 Å². The lowest BCUT2D eigenvalue weighted by Gasteiger charge is -2.19. The summed E-state index contributed by atoms with van der Waals surface area (Å²) in [7, 11) is 0. The summed E-state index contributed by atoms with van der Waals surface area (Å²) in [5, 5.41) is 22.8. The minimum atomic E-state index is -5.08. The van der Waals surface area contributed by atoms with E-state index in [2.05, 4.69) is 5.32 Å². The number of aliphatic hydroxyl groups is 1. The van der Waals surface area contributed by atoms with Gasteiger partial charge in [0.15, 0.2) is 0 Å². The summed E-state index contributed by atoms with van der Waals surface area (Å²) in [6.07, 6.45) is -3.96. The zero-order valence-corrected chi connectivity index (χ0v) is 20.2. The second kappa shape index (κ2) is 13.0. The van der Waals surface area contributed by atoms with Crippen LogP contribution in [0, 0.1) is 0 Å². The molecule has 37 heavy (non-hydrogen) atoms. The van der Waals surface area contributed by atoms with Gasteiger partial charge >= 0.3 is 12.1 Å². The molecule has 2 atom stereocenters. The van der Waals surface area contributed by atoms with Gasteiger partial charge in [0, 0.05) is 11.1 Å². The van der Waals surface area contributed by atoms with Crippen molar-refractivity contribution in [1.29, 1.82) is 0 Å². The lowest BCUT2D eigenvalue weighted by Crippen LogP contribution is -2.35. The Bertz CT molecular complexity index is 1050. The minimum Gasteiger partial charge on any atom is -0.490 e. The van der Waals surface area contributed by atoms with E-state index in [0.717, 1.165) is 18.6 Å². The Balaban J connectivity index is 0.000000479. The van der Waals surface area contributed by atoms with Crippen LogP contribution in [0.4, 0.5) is 13.2 Å². The quantitative estimate of drug-likeness (QED) is 0.439. The third-order valence-corrected chi connectivity index (χ3v) is 5.35. The second-order valence-corrected chi connectivity index (χ2v) is 8.78. The number of ether oxygens (including phenoxy) is 2. The molecule has 1 aliphatic heterocycles. The molecule has 3 N–H and O–H groups in total. The molecule has 1 saturated carbocycles. The number of hydrogen-bond donors (Lipinski definition) is 3. The molecule has 0 aromatic heterocycles. The number of alkyl halides is 3. The average molecular weight is 547 g/mol. The molecule has 2 aromatic carbocycles. The summed E-state index contributed by atoms with van der Waals surface area (Å²) in [6, 6.07) is 14.5. The molecular formula is C24H26ClF3N2O7. The number of rotatable bonds is 9. The Morgan fingerprint density at radius 2 is 1.81 bits per heavy atom. The van der Waals surface area contributed by atoms with E-state index in [9.17, 15) is 23.1 Å². The highest BCUT2D eigenvalue weighted by Crippen LogP contribution is 2.23. The molecule has 1 aliphatic carbocycles. The first-order valence-corrected chi connectivity index (χ1v) is 11.7. The maximum Gasteiger partial charge on any atom is 0.490 e. The monoisotopic (exact) mass is 546 g/mol. The molecule has 4 rings (SSSR count). The fraction of sp³-hybridized carbons (Fsp3) is 0.417. The molecule has 1 saturated heterocycles. The molecular weight excluding hydrogens is 521 g/mol. The van der Waals surface area contributed by atoms with E-state index in [1.54, 1.807) is 41.5 Å². The third-order valence-electron chi connectivity index (χ3n) is 5.10. The van der Waals surface area contributed by atoms with E-state index in [1.165, 1.54) is 0 Å². The number of hydroxylamine groups is 2. The van der Waals surface area contributed by atoms with Gasteiger partial charge in [-0.25, -0.2) is 4.79 Å². The van der Waals surface area contributed by atoms with Crippen LogP contribution in [0.15, 0.2) is 48.5 Å². The van der Waals surface area contributed by atoms with E-state index >= 15 is 0 Å². The van der Waals surface area contributed by atoms with Gasteiger partial charge in [0.05, 0.1) is 18.7 Å². The summed E-state index contributed by atoms with van der Waals surface area (Å²) in [5.41, 5.74) is 0.477. The normalized spacial score (nSPS) is 18.4. The predicted molar refractivity (Wildman–Crippen MR) is 126 cm³/mol. The van der Waals surface area contributed by atoms with Crippen LogP contribution in [0.5, 0.6) is 11.5 Å². The van der Waals surface area contributed by atoms with Gasteiger partial charge < -0.3 is 25.0 Å². The molecule has 1 heterocycles. The van der Waals surface area contributed by atoms with Crippen molar-refractivity contribution in [2.45, 2.75) is 37.3 Å². The number of carbonyl (C=O) groups excluding carboxylic acids is 1. The largest absolute Gasteiger partial charge is 0.490 e. The molecule has 1 amide bonds. The molecule has 0 bridgehead atoms. The number of nitrogens with one attached hydrogen (secondary N) is 1. The van der Waals surface area contributed by atoms with Crippen molar-refractivity contribution < 1.29 is 47.3 Å². The van der Waals surface area contributed by atoms with Crippen LogP contribution in [0.25, 0.3) is 0 Å². The number of aliphatic hydroxyl groups excluding tert-OH is 1. The Hall–Kier alpha value is -3.06. The number of benzene rings is 2. The topological polar surface area (TPSA) is 118 Å². The zero-order valence-electron chi connectivity index (χ0n) is 19.5. The van der Waals surface area contributed by atoms with Crippen LogP contribution in [-0.2, 0) is 9.63 Å². The molecule has 0 radical (unpaired) electrons. The summed E-state index contributed by atoms with van der Waals surface area (Å²) in [6.45, 7) is 1.26. The number of aliphatic carboxylic acids is 1. The minimum absolute atomic E-state index is 0.0519. The Labute approximate surface area is 215 Å². The second-order valence-electron chi connectivity index (χ2n) is 8.35. The fourth-order valence-electron chi connectivity index (χ4n) is 3.17. The van der Waals surface area contributed by atoms with Crippen LogP contribution >= 0.6 is 11.6 Å². The predicted octanol–water partition coefficient (Wildman–Crippen LogP) is 3.30. The Morgan fingerprint density at radius 3 is 2.43 bits per heavy atom. The maximum absolute atomic E-state index is 12.3. The van der Waals surface area contributed by atoms with Crippen molar-refractivity contribution in [1.82, 2.24) is 10.4 Å². The van der Waals surface area contributed by atoms with E-state index in [1.807, 2.05) is 12.1 Å². The lowest BCUT2D eigenvalue weighted by atomic mass is 10.2. The SMILES string of the molecule is O=C(NC1CC1)c1ccccc1OC[C@@H](O)CN1C[C@@H](Oc2ccc(Cl)cc2)CO1.O=C(O)C(F)(F)F. The number of β-amino-alcohol motifs (C(OH)–C–C–N with tert-alkyl or cyclic N) is 1. The van der Waals surface area contributed by atoms with Crippen molar-refractivity contribution >= 4 is 23.5 Å². The van der Waals surface area contributed by atoms with E-state index in [0.29, 0.717) is 29.5 Å². The smallest absolute Gasteiger partial charge is 0.490 e. The van der Waals surface area contributed by atoms with Gasteiger partial charge in [0.1, 0.15) is 36.9 Å². The first-order chi connectivity index (χ1) is 17.5. The van der Waals surface area contributed by atoms with Gasteiger partial charge in [-0.3, -0.25) is 9.63 Å². The number of halogens is 4. The lowest BCUT2D eigenvalue weighted by molar-refractivity contribution is -0.192. The highest BCUT2D eigenvalue weighted by molar-refractivity contribution is 6.30. The van der Waals surface area contributed by atoms with Crippen molar-refractivity contribution in [2.75, 3.05) is 26.3 Å². The average Bonchev–Trinajstić information content (AvgIpc) is 3.56. The zero-order chi connectivity index (χ0) is 27.0. The number of para-hydroxylation sites is 1. The van der Waals surface area contributed by atoms with Crippen molar-refractivity contribution in [2.24, 2.45) is 0 Å². The summed E-state index contributed by atoms with van der Waals surface area (Å²) in [5.74, 6) is -1.72. The molecule has 2 fully saturated rings. The fourth-order valence-corrected chi connectivity index (χ4v) is 3.30. The van der Waals surface area contributed by atoms with E-state index in [4.69, 9.17) is 35.8 Å². The van der Waals surface area contributed by atoms with Crippen LogP contribution in [0.1, 0.15) is 23.2 Å². The number of amides is 1. The Morgan fingerprint density at radius 1 is 1.16 bits per heavy atom. The molecule has 13 heteroatoms. The summed E-state index contributed by atoms with van der Waals surface area (Å²) in [4.78, 5) is 26.8. The standard InChI is InChI=1S/C22H25ClN2O5.C2HF3O2/c23-15-5-9-18(10-6-15)30-19-12-25(29-14-19)11-17(26)13-28-21-4-2-1-3-20(21)22(27)24-16-7-8-16;3-2(4,5)1(6)7/h1-6,9-10,16-17,19,26H,7-8,11-14H2,(H,24,27);(H,6,7)/t17-,19+;/m0./s1. The van der Waals surface area contributed by atoms with Gasteiger partial charge in [-0.15, -0.1) is 0 Å². The van der Waals surface area contributed by atoms with Crippen LogP contribution < -0.4 is 14.8 Å². The molecule has 202 valence electrons. The number of carboxylic acid groups (broad SMARTS) is 1. The highest BCUT2D eigenvalue weighted by Gasteiger charge is 2.38. The number of hydrogen-bond acceptors (Lipinski definition) is 7. The first kappa shape index (κ1) is 28.5. The van der Waals surface area contributed by atoms with E-state index in [-0.39, 0.29) is 31.2 Å². The number of carboxylic acids is 1. The molecule has 9 nitrogen and oxygen atoms in total. The van der Waals surface area contributed by atoms with Crippen molar-refractivity contribution in [3.63, 3.8) is 0 Å².